The molecule has 0 unspecified atom stereocenters. The second-order valence-corrected chi connectivity index (χ2v) is 8.18. The number of aryl methyl sites for hydroxylation is 1. The number of aromatic nitrogens is 2. The highest BCUT2D eigenvalue weighted by molar-refractivity contribution is 7.91. The molecule has 0 aliphatic carbocycles. The fourth-order valence-corrected chi connectivity index (χ4v) is 4.52. The summed E-state index contributed by atoms with van der Waals surface area (Å²) >= 11 is 0. The van der Waals surface area contributed by atoms with Gasteiger partial charge in [-0.15, -0.1) is 0 Å². The first-order valence-corrected chi connectivity index (χ1v) is 9.69. The van der Waals surface area contributed by atoms with Crippen molar-refractivity contribution in [1.82, 2.24) is 15.5 Å². The minimum Gasteiger partial charge on any atom is -0.356 e. The summed E-state index contributed by atoms with van der Waals surface area (Å²) in [4.78, 5) is 16.1. The number of sulfone groups is 1. The summed E-state index contributed by atoms with van der Waals surface area (Å²) in [7, 11) is -2.91. The van der Waals surface area contributed by atoms with Crippen molar-refractivity contribution >= 4 is 15.7 Å². The van der Waals surface area contributed by atoms with Crippen LogP contribution in [0.5, 0.6) is 0 Å². The third-order valence-electron chi connectivity index (χ3n) is 3.98. The van der Waals surface area contributed by atoms with E-state index in [1.165, 1.54) is 0 Å². The number of benzene rings is 1. The van der Waals surface area contributed by atoms with Crippen LogP contribution in [0.1, 0.15) is 18.7 Å². The van der Waals surface area contributed by atoms with Gasteiger partial charge in [-0.05, 0) is 12.3 Å². The van der Waals surface area contributed by atoms with Crippen molar-refractivity contribution in [3.05, 3.63) is 36.2 Å². The molecule has 3 rings (SSSR count). The lowest BCUT2D eigenvalue weighted by molar-refractivity contribution is -0.121. The number of carbonyl (C=O) groups excluding carboxylic acids is 1. The Labute approximate surface area is 140 Å². The van der Waals surface area contributed by atoms with Gasteiger partial charge in [0.1, 0.15) is 0 Å². The quantitative estimate of drug-likeness (QED) is 0.841. The van der Waals surface area contributed by atoms with Crippen LogP contribution in [0.4, 0.5) is 0 Å². The molecule has 0 bridgehead atoms. The normalized spacial score (nSPS) is 19.2. The van der Waals surface area contributed by atoms with Crippen LogP contribution in [0.25, 0.3) is 11.4 Å². The highest BCUT2D eigenvalue weighted by Gasteiger charge is 2.27. The molecular weight excluding hydrogens is 330 g/mol. The van der Waals surface area contributed by atoms with Crippen LogP contribution in [0, 0.1) is 5.92 Å². The fraction of sp³-hybridized carbons (Fsp3) is 0.438. The van der Waals surface area contributed by atoms with Gasteiger partial charge in [0.15, 0.2) is 9.84 Å². The van der Waals surface area contributed by atoms with E-state index in [-0.39, 0.29) is 29.8 Å². The average molecular weight is 349 g/mol. The highest BCUT2D eigenvalue weighted by atomic mass is 32.2. The minimum atomic E-state index is -2.91. The molecule has 128 valence electrons. The molecule has 1 aromatic heterocycles. The molecule has 0 spiro atoms. The number of nitrogens with one attached hydrogen (secondary N) is 1. The predicted molar refractivity (Wildman–Crippen MR) is 87.8 cm³/mol. The largest absolute Gasteiger partial charge is 0.356 e. The topological polar surface area (TPSA) is 102 Å². The molecule has 0 saturated carbocycles. The van der Waals surface area contributed by atoms with E-state index in [1.807, 2.05) is 30.3 Å². The number of carbonyl (C=O) groups is 1. The molecule has 2 heterocycles. The number of hydrogen-bond acceptors (Lipinski definition) is 6. The van der Waals surface area contributed by atoms with E-state index >= 15 is 0 Å². The minimum absolute atomic E-state index is 0.0204. The first kappa shape index (κ1) is 16.6. The van der Waals surface area contributed by atoms with Crippen molar-refractivity contribution in [3.63, 3.8) is 0 Å². The lowest BCUT2D eigenvalue weighted by Gasteiger charge is -2.08. The first-order chi connectivity index (χ1) is 11.5. The Kier molecular flexibility index (Phi) is 4.94. The highest BCUT2D eigenvalue weighted by Crippen LogP contribution is 2.17. The SMILES string of the molecule is O=C(CCc1nc(-c2ccccc2)no1)NC[C@H]1CCS(=O)(=O)C1. The molecule has 24 heavy (non-hydrogen) atoms. The summed E-state index contributed by atoms with van der Waals surface area (Å²) in [6, 6.07) is 9.46. The molecule has 0 radical (unpaired) electrons. The van der Waals surface area contributed by atoms with Crippen molar-refractivity contribution in [3.8, 4) is 11.4 Å². The monoisotopic (exact) mass is 349 g/mol. The van der Waals surface area contributed by atoms with Crippen LogP contribution in [0.2, 0.25) is 0 Å². The van der Waals surface area contributed by atoms with Gasteiger partial charge in [0.05, 0.1) is 11.5 Å². The van der Waals surface area contributed by atoms with E-state index in [0.717, 1.165) is 5.56 Å². The number of nitrogens with zero attached hydrogens (tertiary/aromatic N) is 2. The first-order valence-electron chi connectivity index (χ1n) is 7.87. The predicted octanol–water partition coefficient (Wildman–Crippen LogP) is 1.22. The van der Waals surface area contributed by atoms with Crippen molar-refractivity contribution in [2.45, 2.75) is 19.3 Å². The van der Waals surface area contributed by atoms with Crippen LogP contribution in [-0.2, 0) is 21.1 Å². The Morgan fingerprint density at radius 2 is 2.08 bits per heavy atom. The van der Waals surface area contributed by atoms with Crippen molar-refractivity contribution in [2.24, 2.45) is 5.92 Å². The van der Waals surface area contributed by atoms with Crippen LogP contribution in [-0.4, -0.2) is 42.5 Å². The molecule has 8 heteroatoms. The van der Waals surface area contributed by atoms with Gasteiger partial charge in [-0.1, -0.05) is 35.5 Å². The Morgan fingerprint density at radius 1 is 1.29 bits per heavy atom. The van der Waals surface area contributed by atoms with Gasteiger partial charge in [0.25, 0.3) is 0 Å². The van der Waals surface area contributed by atoms with E-state index in [4.69, 9.17) is 4.52 Å². The van der Waals surface area contributed by atoms with E-state index in [9.17, 15) is 13.2 Å². The smallest absolute Gasteiger partial charge is 0.227 e. The van der Waals surface area contributed by atoms with E-state index in [0.29, 0.717) is 31.1 Å². The van der Waals surface area contributed by atoms with Gasteiger partial charge in [0, 0.05) is 24.9 Å². The summed E-state index contributed by atoms with van der Waals surface area (Å²) < 4.78 is 27.9. The maximum Gasteiger partial charge on any atom is 0.227 e. The number of hydrogen-bond donors (Lipinski definition) is 1. The fourth-order valence-electron chi connectivity index (χ4n) is 2.66. The van der Waals surface area contributed by atoms with Gasteiger partial charge in [-0.25, -0.2) is 8.42 Å². The molecule has 1 fully saturated rings. The third-order valence-corrected chi connectivity index (χ3v) is 5.82. The second-order valence-electron chi connectivity index (χ2n) is 5.95. The number of amides is 1. The standard InChI is InChI=1S/C16H19N3O4S/c20-14(17-10-12-8-9-24(21,22)11-12)6-7-15-18-16(19-23-15)13-4-2-1-3-5-13/h1-5,12H,6-11H2,(H,17,20)/t12-/m1/s1. The van der Waals surface area contributed by atoms with Crippen LogP contribution < -0.4 is 5.32 Å². The number of rotatable bonds is 6. The average Bonchev–Trinajstić information content (AvgIpc) is 3.18. The van der Waals surface area contributed by atoms with Crippen molar-refractivity contribution < 1.29 is 17.7 Å². The molecule has 1 N–H and O–H groups in total. The Morgan fingerprint density at radius 3 is 2.79 bits per heavy atom. The van der Waals surface area contributed by atoms with Gasteiger partial charge < -0.3 is 9.84 Å². The van der Waals surface area contributed by atoms with Crippen molar-refractivity contribution in [1.29, 1.82) is 0 Å². The molecular formula is C16H19N3O4S. The Balaban J connectivity index is 1.44. The molecule has 7 nitrogen and oxygen atoms in total. The Bertz CT molecular complexity index is 802. The zero-order chi connectivity index (χ0) is 17.0. The summed E-state index contributed by atoms with van der Waals surface area (Å²) in [5, 5.41) is 6.68. The van der Waals surface area contributed by atoms with Gasteiger partial charge in [-0.2, -0.15) is 4.98 Å². The van der Waals surface area contributed by atoms with Crippen LogP contribution in [0.3, 0.4) is 0 Å². The van der Waals surface area contributed by atoms with E-state index in [1.54, 1.807) is 0 Å². The summed E-state index contributed by atoms with van der Waals surface area (Å²) in [5.74, 6) is 1.18. The van der Waals surface area contributed by atoms with E-state index < -0.39 is 9.84 Å². The molecule has 1 aliphatic rings. The zero-order valence-corrected chi connectivity index (χ0v) is 14.0. The van der Waals surface area contributed by atoms with Gasteiger partial charge in [0.2, 0.25) is 17.6 Å². The maximum absolute atomic E-state index is 11.9. The lowest BCUT2D eigenvalue weighted by atomic mass is 10.1. The Hall–Kier alpha value is -2.22. The van der Waals surface area contributed by atoms with Crippen LogP contribution >= 0.6 is 0 Å². The molecule has 1 atom stereocenters. The zero-order valence-electron chi connectivity index (χ0n) is 13.1. The lowest BCUT2D eigenvalue weighted by Crippen LogP contribution is -2.29. The summed E-state index contributed by atoms with van der Waals surface area (Å²) in [6.07, 6.45) is 1.21. The molecule has 1 aromatic carbocycles. The second kappa shape index (κ2) is 7.12. The summed E-state index contributed by atoms with van der Waals surface area (Å²) in [5.41, 5.74) is 0.861. The van der Waals surface area contributed by atoms with Crippen LogP contribution in [0.15, 0.2) is 34.9 Å². The van der Waals surface area contributed by atoms with E-state index in [2.05, 4.69) is 15.5 Å². The summed E-state index contributed by atoms with van der Waals surface area (Å²) in [6.45, 7) is 0.400. The van der Waals surface area contributed by atoms with Gasteiger partial charge in [-0.3, -0.25) is 4.79 Å². The molecule has 2 aromatic rings. The molecule has 1 saturated heterocycles. The van der Waals surface area contributed by atoms with Crippen molar-refractivity contribution in [2.75, 3.05) is 18.1 Å². The van der Waals surface area contributed by atoms with Gasteiger partial charge >= 0.3 is 0 Å². The maximum atomic E-state index is 11.9. The molecule has 1 aliphatic heterocycles. The third kappa shape index (κ3) is 4.41. The molecule has 1 amide bonds.